The molecule has 2 fully saturated rings. The molecule has 3 amide bonds. The van der Waals surface area contributed by atoms with E-state index in [0.717, 1.165) is 19.3 Å². The zero-order chi connectivity index (χ0) is 17.8. The summed E-state index contributed by atoms with van der Waals surface area (Å²) in [5.41, 5.74) is 0.663. The van der Waals surface area contributed by atoms with Crippen LogP contribution in [0.3, 0.4) is 0 Å². The maximum absolute atomic E-state index is 12.8. The minimum absolute atomic E-state index is 0.00234. The molecule has 25 heavy (non-hydrogen) atoms. The number of amides is 3. The molecule has 0 saturated carbocycles. The van der Waals surface area contributed by atoms with E-state index in [1.807, 2.05) is 14.7 Å². The molecule has 136 valence electrons. The number of likely N-dealkylation sites (tertiary alicyclic amines) is 1. The standard InChI is InChI=1S/C18H26N4O3/c1-14(23)20-9-4-15(5-10-20)17(24)21-7-2-8-22(12-11-21)18(25)16-3-6-19-13-16/h3,6,13,15,19H,2,4-5,7-12H2,1H3. The first kappa shape index (κ1) is 17.5. The van der Waals surface area contributed by atoms with Crippen LogP contribution in [0.25, 0.3) is 0 Å². The maximum atomic E-state index is 12.8. The zero-order valence-corrected chi connectivity index (χ0v) is 14.7. The molecular formula is C18H26N4O3. The molecule has 0 atom stereocenters. The molecule has 0 unspecified atom stereocenters. The lowest BCUT2D eigenvalue weighted by atomic mass is 9.95. The highest BCUT2D eigenvalue weighted by Crippen LogP contribution is 2.21. The number of rotatable bonds is 2. The van der Waals surface area contributed by atoms with Crippen LogP contribution in [0.15, 0.2) is 18.5 Å². The van der Waals surface area contributed by atoms with Gasteiger partial charge in [-0.05, 0) is 25.3 Å². The molecule has 2 aliphatic heterocycles. The lowest BCUT2D eigenvalue weighted by molar-refractivity contribution is -0.140. The van der Waals surface area contributed by atoms with Crippen LogP contribution in [0.4, 0.5) is 0 Å². The highest BCUT2D eigenvalue weighted by Gasteiger charge is 2.30. The molecule has 1 N–H and O–H groups in total. The van der Waals surface area contributed by atoms with E-state index in [9.17, 15) is 14.4 Å². The predicted molar refractivity (Wildman–Crippen MR) is 92.9 cm³/mol. The van der Waals surface area contributed by atoms with Gasteiger partial charge < -0.3 is 19.7 Å². The number of carbonyl (C=O) groups is 3. The number of piperidine rings is 1. The van der Waals surface area contributed by atoms with E-state index >= 15 is 0 Å². The largest absolute Gasteiger partial charge is 0.367 e. The summed E-state index contributed by atoms with van der Waals surface area (Å²) < 4.78 is 0. The van der Waals surface area contributed by atoms with E-state index < -0.39 is 0 Å². The third-order valence-corrected chi connectivity index (χ3v) is 5.23. The summed E-state index contributed by atoms with van der Waals surface area (Å²) in [6.07, 6.45) is 5.73. The van der Waals surface area contributed by atoms with Gasteiger partial charge in [-0.15, -0.1) is 0 Å². The molecule has 7 heteroatoms. The lowest BCUT2D eigenvalue weighted by Gasteiger charge is -2.33. The first-order chi connectivity index (χ1) is 12.1. The van der Waals surface area contributed by atoms with Gasteiger partial charge in [0.2, 0.25) is 11.8 Å². The molecule has 0 radical (unpaired) electrons. The van der Waals surface area contributed by atoms with Crippen LogP contribution < -0.4 is 0 Å². The topological polar surface area (TPSA) is 76.7 Å². The number of H-pyrrole nitrogens is 1. The van der Waals surface area contributed by atoms with Gasteiger partial charge in [-0.3, -0.25) is 14.4 Å². The number of nitrogens with one attached hydrogen (secondary N) is 1. The van der Waals surface area contributed by atoms with Gasteiger partial charge in [0.1, 0.15) is 0 Å². The Balaban J connectivity index is 1.53. The van der Waals surface area contributed by atoms with Gasteiger partial charge in [-0.2, -0.15) is 0 Å². The number of hydrogen-bond donors (Lipinski definition) is 1. The Labute approximate surface area is 148 Å². The second-order valence-electron chi connectivity index (χ2n) is 6.85. The van der Waals surface area contributed by atoms with Crippen molar-refractivity contribution in [1.82, 2.24) is 19.7 Å². The first-order valence-electron chi connectivity index (χ1n) is 9.02. The Bertz CT molecular complexity index is 620. The fraction of sp³-hybridized carbons (Fsp3) is 0.611. The molecule has 1 aromatic heterocycles. The summed E-state index contributed by atoms with van der Waals surface area (Å²) in [6.45, 7) is 5.44. The van der Waals surface area contributed by atoms with Gasteiger partial charge in [0.15, 0.2) is 0 Å². The van der Waals surface area contributed by atoms with Gasteiger partial charge in [0, 0.05) is 64.5 Å². The van der Waals surface area contributed by atoms with E-state index in [1.54, 1.807) is 25.4 Å². The van der Waals surface area contributed by atoms with Crippen molar-refractivity contribution >= 4 is 17.7 Å². The number of aromatic amines is 1. The molecule has 0 aliphatic carbocycles. The van der Waals surface area contributed by atoms with E-state index in [4.69, 9.17) is 0 Å². The van der Waals surface area contributed by atoms with Gasteiger partial charge in [-0.25, -0.2) is 0 Å². The molecule has 3 heterocycles. The molecule has 7 nitrogen and oxygen atoms in total. The molecular weight excluding hydrogens is 320 g/mol. The van der Waals surface area contributed by atoms with Crippen molar-refractivity contribution < 1.29 is 14.4 Å². The Morgan fingerprint density at radius 3 is 2.28 bits per heavy atom. The van der Waals surface area contributed by atoms with Crippen molar-refractivity contribution in [3.63, 3.8) is 0 Å². The molecule has 1 aromatic rings. The monoisotopic (exact) mass is 346 g/mol. The number of hydrogen-bond acceptors (Lipinski definition) is 3. The number of aromatic nitrogens is 1. The Morgan fingerprint density at radius 2 is 1.64 bits per heavy atom. The van der Waals surface area contributed by atoms with Crippen molar-refractivity contribution in [1.29, 1.82) is 0 Å². The molecule has 2 saturated heterocycles. The summed E-state index contributed by atoms with van der Waals surface area (Å²) in [7, 11) is 0. The van der Waals surface area contributed by atoms with Crippen LogP contribution in [0.2, 0.25) is 0 Å². The fourth-order valence-corrected chi connectivity index (χ4v) is 3.68. The highest BCUT2D eigenvalue weighted by atomic mass is 16.2. The first-order valence-corrected chi connectivity index (χ1v) is 9.02. The SMILES string of the molecule is CC(=O)N1CCC(C(=O)N2CCCN(C(=O)c3cc[nH]c3)CC2)CC1. The second kappa shape index (κ2) is 7.72. The molecule has 2 aliphatic rings. The highest BCUT2D eigenvalue weighted by molar-refractivity contribution is 5.94. The van der Waals surface area contributed by atoms with Crippen molar-refractivity contribution in [2.75, 3.05) is 39.3 Å². The van der Waals surface area contributed by atoms with Crippen LogP contribution >= 0.6 is 0 Å². The van der Waals surface area contributed by atoms with Crippen molar-refractivity contribution in [3.05, 3.63) is 24.0 Å². The normalized spacial score (nSPS) is 19.6. The fourth-order valence-electron chi connectivity index (χ4n) is 3.68. The Kier molecular flexibility index (Phi) is 5.40. The van der Waals surface area contributed by atoms with Gasteiger partial charge in [0.25, 0.3) is 5.91 Å². The number of nitrogens with zero attached hydrogens (tertiary/aromatic N) is 3. The third-order valence-electron chi connectivity index (χ3n) is 5.23. The Hall–Kier alpha value is -2.31. The zero-order valence-electron chi connectivity index (χ0n) is 14.7. The predicted octanol–water partition coefficient (Wildman–Crippen LogP) is 0.948. The Morgan fingerprint density at radius 1 is 0.960 bits per heavy atom. The summed E-state index contributed by atoms with van der Waals surface area (Å²) in [4.78, 5) is 45.1. The molecule has 3 rings (SSSR count). The van der Waals surface area contributed by atoms with Crippen LogP contribution in [-0.4, -0.2) is 76.7 Å². The maximum Gasteiger partial charge on any atom is 0.255 e. The van der Waals surface area contributed by atoms with Crippen LogP contribution in [-0.2, 0) is 9.59 Å². The van der Waals surface area contributed by atoms with Crippen molar-refractivity contribution in [3.8, 4) is 0 Å². The molecule has 0 spiro atoms. The van der Waals surface area contributed by atoms with Gasteiger partial charge in [0.05, 0.1) is 5.56 Å². The minimum Gasteiger partial charge on any atom is -0.367 e. The van der Waals surface area contributed by atoms with Crippen LogP contribution in [0.5, 0.6) is 0 Å². The van der Waals surface area contributed by atoms with E-state index in [-0.39, 0.29) is 23.6 Å². The van der Waals surface area contributed by atoms with Crippen LogP contribution in [0.1, 0.15) is 36.5 Å². The molecule has 0 aromatic carbocycles. The molecule has 0 bridgehead atoms. The quantitative estimate of drug-likeness (QED) is 0.866. The lowest BCUT2D eigenvalue weighted by Crippen LogP contribution is -2.45. The third kappa shape index (κ3) is 4.03. The number of carbonyl (C=O) groups excluding carboxylic acids is 3. The van der Waals surface area contributed by atoms with E-state index in [2.05, 4.69) is 4.98 Å². The van der Waals surface area contributed by atoms with Crippen molar-refractivity contribution in [2.45, 2.75) is 26.2 Å². The average Bonchev–Trinajstić information content (AvgIpc) is 3.05. The van der Waals surface area contributed by atoms with Gasteiger partial charge in [-0.1, -0.05) is 0 Å². The average molecular weight is 346 g/mol. The second-order valence-corrected chi connectivity index (χ2v) is 6.85. The summed E-state index contributed by atoms with van der Waals surface area (Å²) >= 11 is 0. The smallest absolute Gasteiger partial charge is 0.255 e. The van der Waals surface area contributed by atoms with E-state index in [0.29, 0.717) is 44.8 Å². The minimum atomic E-state index is 0.00234. The summed E-state index contributed by atoms with van der Waals surface area (Å²) in [5.74, 6) is 0.284. The van der Waals surface area contributed by atoms with Crippen molar-refractivity contribution in [2.24, 2.45) is 5.92 Å². The van der Waals surface area contributed by atoms with Crippen LogP contribution in [0, 0.1) is 5.92 Å². The summed E-state index contributed by atoms with van der Waals surface area (Å²) in [5, 5.41) is 0. The summed E-state index contributed by atoms with van der Waals surface area (Å²) in [6, 6.07) is 1.78. The van der Waals surface area contributed by atoms with E-state index in [1.165, 1.54) is 0 Å². The van der Waals surface area contributed by atoms with Gasteiger partial charge >= 0.3 is 0 Å².